The van der Waals surface area contributed by atoms with Crippen LogP contribution in [-0.4, -0.2) is 38.4 Å². The molecule has 1 aromatic rings. The van der Waals surface area contributed by atoms with Crippen LogP contribution in [-0.2, 0) is 9.47 Å². The third kappa shape index (κ3) is 5.80. The number of primary amides is 1. The van der Waals surface area contributed by atoms with Gasteiger partial charge in [0.25, 0.3) is 0 Å². The van der Waals surface area contributed by atoms with Crippen LogP contribution in [0, 0.1) is 0 Å². The molecule has 21 heavy (non-hydrogen) atoms. The predicted octanol–water partition coefficient (Wildman–Crippen LogP) is 1.22. The number of rotatable bonds is 6. The molecule has 0 radical (unpaired) electrons. The summed E-state index contributed by atoms with van der Waals surface area (Å²) in [6.45, 7) is 1.98. The van der Waals surface area contributed by atoms with Crippen LogP contribution >= 0.6 is 0 Å². The second-order valence-electron chi connectivity index (χ2n) is 4.47. The van der Waals surface area contributed by atoms with Gasteiger partial charge >= 0.3 is 6.03 Å². The SMILES string of the molecule is NC(=O)NN=Cc1cccc(OCCC2OCCCO2)c1. The van der Waals surface area contributed by atoms with Crippen LogP contribution in [0.4, 0.5) is 4.79 Å². The fourth-order valence-electron chi connectivity index (χ4n) is 1.83. The Morgan fingerprint density at radius 3 is 3.05 bits per heavy atom. The quantitative estimate of drug-likeness (QED) is 0.609. The van der Waals surface area contributed by atoms with Crippen molar-refractivity contribution in [2.24, 2.45) is 10.8 Å². The minimum Gasteiger partial charge on any atom is -0.493 e. The van der Waals surface area contributed by atoms with Crippen molar-refractivity contribution >= 4 is 12.2 Å². The van der Waals surface area contributed by atoms with Crippen molar-refractivity contribution < 1.29 is 19.0 Å². The molecule has 0 atom stereocenters. The van der Waals surface area contributed by atoms with Crippen molar-refractivity contribution in [2.45, 2.75) is 19.1 Å². The van der Waals surface area contributed by atoms with E-state index in [4.69, 9.17) is 19.9 Å². The predicted molar refractivity (Wildman–Crippen MR) is 77.2 cm³/mol. The van der Waals surface area contributed by atoms with Crippen LogP contribution in [0.15, 0.2) is 29.4 Å². The van der Waals surface area contributed by atoms with E-state index in [1.807, 2.05) is 24.3 Å². The molecule has 0 spiro atoms. The van der Waals surface area contributed by atoms with Crippen LogP contribution in [0.2, 0.25) is 0 Å². The molecule has 2 amide bonds. The zero-order chi connectivity index (χ0) is 14.9. The molecule has 0 aromatic heterocycles. The molecule has 3 N–H and O–H groups in total. The molecule has 1 aliphatic heterocycles. The molecule has 7 heteroatoms. The first-order valence-electron chi connectivity index (χ1n) is 6.78. The monoisotopic (exact) mass is 293 g/mol. The molecule has 7 nitrogen and oxygen atoms in total. The third-order valence-electron chi connectivity index (χ3n) is 2.76. The largest absolute Gasteiger partial charge is 0.493 e. The van der Waals surface area contributed by atoms with Gasteiger partial charge < -0.3 is 19.9 Å². The summed E-state index contributed by atoms with van der Waals surface area (Å²) in [6, 6.07) is 6.64. The smallest absolute Gasteiger partial charge is 0.332 e. The molecule has 0 saturated carbocycles. The lowest BCUT2D eigenvalue weighted by molar-refractivity contribution is -0.183. The highest BCUT2D eigenvalue weighted by molar-refractivity contribution is 5.81. The van der Waals surface area contributed by atoms with Crippen LogP contribution in [0.1, 0.15) is 18.4 Å². The van der Waals surface area contributed by atoms with Gasteiger partial charge in [0.05, 0.1) is 26.0 Å². The van der Waals surface area contributed by atoms with Gasteiger partial charge in [-0.15, -0.1) is 0 Å². The van der Waals surface area contributed by atoms with E-state index in [9.17, 15) is 4.79 Å². The number of hydrogen-bond acceptors (Lipinski definition) is 5. The summed E-state index contributed by atoms with van der Waals surface area (Å²) in [6.07, 6.45) is 2.94. The number of benzene rings is 1. The third-order valence-corrected chi connectivity index (χ3v) is 2.76. The Morgan fingerprint density at radius 1 is 1.48 bits per heavy atom. The number of hydrogen-bond donors (Lipinski definition) is 2. The maximum absolute atomic E-state index is 10.5. The lowest BCUT2D eigenvalue weighted by Crippen LogP contribution is -2.26. The van der Waals surface area contributed by atoms with Gasteiger partial charge in [0.2, 0.25) is 0 Å². The highest BCUT2D eigenvalue weighted by Crippen LogP contribution is 2.14. The van der Waals surface area contributed by atoms with E-state index in [0.29, 0.717) is 18.8 Å². The fourth-order valence-corrected chi connectivity index (χ4v) is 1.83. The van der Waals surface area contributed by atoms with Gasteiger partial charge in [0, 0.05) is 6.42 Å². The van der Waals surface area contributed by atoms with Gasteiger partial charge in [-0.2, -0.15) is 5.10 Å². The average Bonchev–Trinajstić information content (AvgIpc) is 2.48. The highest BCUT2D eigenvalue weighted by atomic mass is 16.7. The average molecular weight is 293 g/mol. The minimum atomic E-state index is -0.703. The topological polar surface area (TPSA) is 95.2 Å². The minimum absolute atomic E-state index is 0.178. The molecular formula is C14H19N3O4. The van der Waals surface area contributed by atoms with Crippen LogP contribution in [0.5, 0.6) is 5.75 Å². The number of ether oxygens (including phenoxy) is 3. The zero-order valence-corrected chi connectivity index (χ0v) is 11.7. The maximum Gasteiger partial charge on any atom is 0.332 e. The van der Waals surface area contributed by atoms with E-state index in [-0.39, 0.29) is 6.29 Å². The van der Waals surface area contributed by atoms with Gasteiger partial charge in [-0.25, -0.2) is 10.2 Å². The number of nitrogens with zero attached hydrogens (tertiary/aromatic N) is 1. The van der Waals surface area contributed by atoms with E-state index in [0.717, 1.165) is 25.2 Å². The molecule has 114 valence electrons. The molecule has 1 aromatic carbocycles. The standard InChI is InChI=1S/C14H19N3O4/c15-14(18)17-16-10-11-3-1-4-12(9-11)19-8-5-13-20-6-2-7-21-13/h1,3-4,9-10,13H,2,5-8H2,(H3,15,17,18). The Kier molecular flexibility index (Phi) is 5.99. The van der Waals surface area contributed by atoms with Crippen molar-refractivity contribution in [3.8, 4) is 5.75 Å². The first-order chi connectivity index (χ1) is 10.2. The second-order valence-corrected chi connectivity index (χ2v) is 4.47. The molecule has 1 fully saturated rings. The number of urea groups is 1. The summed E-state index contributed by atoms with van der Waals surface area (Å²) in [5.74, 6) is 0.717. The Labute approximate surface area is 123 Å². The molecule has 1 heterocycles. The Bertz CT molecular complexity index is 487. The Balaban J connectivity index is 1.77. The van der Waals surface area contributed by atoms with Crippen LogP contribution in [0.3, 0.4) is 0 Å². The molecule has 1 saturated heterocycles. The van der Waals surface area contributed by atoms with Crippen molar-refractivity contribution in [1.82, 2.24) is 5.43 Å². The summed E-state index contributed by atoms with van der Waals surface area (Å²) < 4.78 is 16.5. The number of amides is 2. The first-order valence-corrected chi connectivity index (χ1v) is 6.78. The van der Waals surface area contributed by atoms with E-state index in [1.54, 1.807) is 0 Å². The molecular weight excluding hydrogens is 274 g/mol. The number of hydrazone groups is 1. The summed E-state index contributed by atoms with van der Waals surface area (Å²) in [5.41, 5.74) is 7.84. The summed E-state index contributed by atoms with van der Waals surface area (Å²) in [7, 11) is 0. The van der Waals surface area contributed by atoms with Gasteiger partial charge in [0.15, 0.2) is 6.29 Å². The number of carbonyl (C=O) groups is 1. The van der Waals surface area contributed by atoms with E-state index >= 15 is 0 Å². The number of nitrogens with two attached hydrogens (primary N) is 1. The summed E-state index contributed by atoms with van der Waals surface area (Å²) >= 11 is 0. The molecule has 2 rings (SSSR count). The van der Waals surface area contributed by atoms with E-state index < -0.39 is 6.03 Å². The fraction of sp³-hybridized carbons (Fsp3) is 0.429. The normalized spacial score (nSPS) is 16.0. The Hall–Kier alpha value is -2.12. The van der Waals surface area contributed by atoms with Crippen LogP contribution in [0.25, 0.3) is 0 Å². The summed E-state index contributed by atoms with van der Waals surface area (Å²) in [5, 5.41) is 3.69. The second kappa shape index (κ2) is 8.23. The van der Waals surface area contributed by atoms with E-state index in [2.05, 4.69) is 10.5 Å². The van der Waals surface area contributed by atoms with Gasteiger partial charge in [0.1, 0.15) is 5.75 Å². The van der Waals surface area contributed by atoms with Gasteiger partial charge in [-0.05, 0) is 24.1 Å². The number of carbonyl (C=O) groups excluding carboxylic acids is 1. The van der Waals surface area contributed by atoms with Gasteiger partial charge in [-0.1, -0.05) is 12.1 Å². The van der Waals surface area contributed by atoms with Crippen molar-refractivity contribution in [3.63, 3.8) is 0 Å². The Morgan fingerprint density at radius 2 is 2.29 bits per heavy atom. The van der Waals surface area contributed by atoms with Crippen LogP contribution < -0.4 is 15.9 Å². The van der Waals surface area contributed by atoms with E-state index in [1.165, 1.54) is 6.21 Å². The lowest BCUT2D eigenvalue weighted by Gasteiger charge is -2.23. The van der Waals surface area contributed by atoms with Crippen molar-refractivity contribution in [1.29, 1.82) is 0 Å². The molecule has 1 aliphatic rings. The zero-order valence-electron chi connectivity index (χ0n) is 11.7. The maximum atomic E-state index is 10.5. The molecule has 0 unspecified atom stereocenters. The van der Waals surface area contributed by atoms with Gasteiger partial charge in [-0.3, -0.25) is 0 Å². The molecule has 0 aliphatic carbocycles. The lowest BCUT2D eigenvalue weighted by atomic mass is 10.2. The highest BCUT2D eigenvalue weighted by Gasteiger charge is 2.13. The number of nitrogens with one attached hydrogen (secondary N) is 1. The van der Waals surface area contributed by atoms with Crippen molar-refractivity contribution in [3.05, 3.63) is 29.8 Å². The summed E-state index contributed by atoms with van der Waals surface area (Å²) in [4.78, 5) is 10.5. The van der Waals surface area contributed by atoms with Crippen molar-refractivity contribution in [2.75, 3.05) is 19.8 Å². The molecule has 0 bridgehead atoms. The first kappa shape index (κ1) is 15.3.